The van der Waals surface area contributed by atoms with Crippen molar-refractivity contribution in [1.82, 2.24) is 29.7 Å². The molecule has 2 aromatic carbocycles. The fourth-order valence-corrected chi connectivity index (χ4v) is 3.17. The zero-order valence-electron chi connectivity index (χ0n) is 13.7. The van der Waals surface area contributed by atoms with Crippen molar-refractivity contribution in [2.24, 2.45) is 0 Å². The first-order chi connectivity index (χ1) is 12.3. The minimum atomic E-state index is 0.745. The average molecular weight is 328 g/mol. The van der Waals surface area contributed by atoms with E-state index in [2.05, 4.69) is 32.2 Å². The summed E-state index contributed by atoms with van der Waals surface area (Å²) in [5.74, 6) is 0.833. The number of hydrogen-bond acceptors (Lipinski definition) is 3. The molecule has 3 heterocycles. The van der Waals surface area contributed by atoms with Crippen molar-refractivity contribution in [2.45, 2.75) is 13.5 Å². The number of aryl methyl sites for hydroxylation is 1. The highest BCUT2D eigenvalue weighted by molar-refractivity contribution is 5.92. The molecule has 5 rings (SSSR count). The monoisotopic (exact) mass is 328 g/mol. The molecule has 0 atom stereocenters. The van der Waals surface area contributed by atoms with Crippen LogP contribution in [0.5, 0.6) is 0 Å². The van der Waals surface area contributed by atoms with E-state index in [0.29, 0.717) is 0 Å². The molecule has 6 heteroatoms. The van der Waals surface area contributed by atoms with E-state index in [1.165, 1.54) is 5.56 Å². The molecule has 0 radical (unpaired) electrons. The average Bonchev–Trinajstić information content (AvgIpc) is 3.31. The predicted octanol–water partition coefficient (Wildman–Crippen LogP) is 3.66. The van der Waals surface area contributed by atoms with E-state index in [-0.39, 0.29) is 0 Å². The summed E-state index contributed by atoms with van der Waals surface area (Å²) in [6.45, 7) is 2.75. The summed E-state index contributed by atoms with van der Waals surface area (Å²) < 4.78 is 1.96. The standard InChI is InChI=1S/C19H16N6/c1-12-14(10-25(24-12)9-13-5-3-2-4-6-13)19-22-17-7-15-16(21-11-20-15)8-18(17)23-19/h2-8,10-11H,9H2,1H3,(H,20,21)(H,22,23). The lowest BCUT2D eigenvalue weighted by molar-refractivity contribution is 0.679. The van der Waals surface area contributed by atoms with Gasteiger partial charge in [0.05, 0.1) is 46.2 Å². The Hall–Kier alpha value is -3.41. The van der Waals surface area contributed by atoms with Crippen LogP contribution in [0.3, 0.4) is 0 Å². The Kier molecular flexibility index (Phi) is 2.97. The number of rotatable bonds is 3. The molecule has 25 heavy (non-hydrogen) atoms. The van der Waals surface area contributed by atoms with Crippen LogP contribution in [-0.4, -0.2) is 29.7 Å². The summed E-state index contributed by atoms with van der Waals surface area (Å²) in [6.07, 6.45) is 3.74. The molecule has 0 unspecified atom stereocenters. The smallest absolute Gasteiger partial charge is 0.141 e. The number of hydrogen-bond donors (Lipinski definition) is 2. The number of aromatic amines is 2. The molecule has 0 aliphatic rings. The fourth-order valence-electron chi connectivity index (χ4n) is 3.17. The van der Waals surface area contributed by atoms with Crippen LogP contribution in [0, 0.1) is 6.92 Å². The number of nitrogens with zero attached hydrogens (tertiary/aromatic N) is 4. The van der Waals surface area contributed by atoms with Gasteiger partial charge in [-0.2, -0.15) is 5.10 Å². The number of benzene rings is 2. The third-order valence-electron chi connectivity index (χ3n) is 4.41. The summed E-state index contributed by atoms with van der Waals surface area (Å²) >= 11 is 0. The van der Waals surface area contributed by atoms with Gasteiger partial charge >= 0.3 is 0 Å². The van der Waals surface area contributed by atoms with E-state index < -0.39 is 0 Å². The molecule has 0 aliphatic carbocycles. The first-order valence-corrected chi connectivity index (χ1v) is 8.17. The topological polar surface area (TPSA) is 75.2 Å². The number of aromatic nitrogens is 6. The van der Waals surface area contributed by atoms with Crippen LogP contribution >= 0.6 is 0 Å². The summed E-state index contributed by atoms with van der Waals surface area (Å²) in [5.41, 5.74) is 7.01. The molecule has 0 amide bonds. The van der Waals surface area contributed by atoms with Crippen LogP contribution in [0.1, 0.15) is 11.3 Å². The molecule has 0 bridgehead atoms. The highest BCUT2D eigenvalue weighted by Gasteiger charge is 2.13. The number of imidazole rings is 2. The second-order valence-electron chi connectivity index (χ2n) is 6.19. The second kappa shape index (κ2) is 5.31. The van der Waals surface area contributed by atoms with Gasteiger partial charge in [-0.3, -0.25) is 4.68 Å². The van der Waals surface area contributed by atoms with Gasteiger partial charge in [0.25, 0.3) is 0 Å². The lowest BCUT2D eigenvalue weighted by atomic mass is 10.2. The summed E-state index contributed by atoms with van der Waals surface area (Å²) in [4.78, 5) is 15.6. The molecule has 5 aromatic rings. The number of nitrogens with one attached hydrogen (secondary N) is 2. The van der Waals surface area contributed by atoms with Crippen molar-refractivity contribution in [2.75, 3.05) is 0 Å². The highest BCUT2D eigenvalue weighted by Crippen LogP contribution is 2.25. The molecule has 3 aromatic heterocycles. The third kappa shape index (κ3) is 2.39. The molecule has 6 nitrogen and oxygen atoms in total. The Labute approximate surface area is 143 Å². The van der Waals surface area contributed by atoms with Crippen molar-refractivity contribution >= 4 is 22.1 Å². The highest BCUT2D eigenvalue weighted by atomic mass is 15.3. The second-order valence-corrected chi connectivity index (χ2v) is 6.19. The zero-order chi connectivity index (χ0) is 16.8. The van der Waals surface area contributed by atoms with Crippen molar-refractivity contribution in [3.05, 3.63) is 66.2 Å². The molecular formula is C19H16N6. The van der Waals surface area contributed by atoms with Crippen molar-refractivity contribution in [3.8, 4) is 11.4 Å². The van der Waals surface area contributed by atoms with E-state index in [1.807, 2.05) is 48.1 Å². The fraction of sp³-hybridized carbons (Fsp3) is 0.105. The van der Waals surface area contributed by atoms with Gasteiger partial charge in [0.2, 0.25) is 0 Å². The van der Waals surface area contributed by atoms with Crippen molar-refractivity contribution < 1.29 is 0 Å². The Balaban J connectivity index is 1.55. The van der Waals surface area contributed by atoms with Gasteiger partial charge in [0.15, 0.2) is 0 Å². The normalized spacial score (nSPS) is 11.6. The first kappa shape index (κ1) is 14.0. The van der Waals surface area contributed by atoms with Crippen LogP contribution in [0.2, 0.25) is 0 Å². The Morgan fingerprint density at radius 3 is 2.80 bits per heavy atom. The molecule has 0 spiro atoms. The largest absolute Gasteiger partial charge is 0.345 e. The maximum Gasteiger partial charge on any atom is 0.141 e. The number of H-pyrrole nitrogens is 2. The van der Waals surface area contributed by atoms with Gasteiger partial charge in [-0.1, -0.05) is 30.3 Å². The summed E-state index contributed by atoms with van der Waals surface area (Å²) in [6, 6.07) is 14.3. The molecule has 2 N–H and O–H groups in total. The van der Waals surface area contributed by atoms with Crippen molar-refractivity contribution in [1.29, 1.82) is 0 Å². The van der Waals surface area contributed by atoms with Crippen LogP contribution in [0.25, 0.3) is 33.5 Å². The predicted molar refractivity (Wildman–Crippen MR) is 97.2 cm³/mol. The molecule has 0 aliphatic heterocycles. The maximum atomic E-state index is 4.73. The van der Waals surface area contributed by atoms with E-state index >= 15 is 0 Å². The Morgan fingerprint density at radius 1 is 1.04 bits per heavy atom. The zero-order valence-corrected chi connectivity index (χ0v) is 13.7. The lowest BCUT2D eigenvalue weighted by Crippen LogP contribution is -1.99. The van der Waals surface area contributed by atoms with Gasteiger partial charge in [0.1, 0.15) is 5.82 Å². The third-order valence-corrected chi connectivity index (χ3v) is 4.41. The number of fused-ring (bicyclic) bond motifs is 2. The van der Waals surface area contributed by atoms with Crippen LogP contribution in [0.4, 0.5) is 0 Å². The minimum absolute atomic E-state index is 0.745. The van der Waals surface area contributed by atoms with E-state index in [0.717, 1.165) is 45.7 Å². The molecule has 122 valence electrons. The molecular weight excluding hydrogens is 312 g/mol. The van der Waals surface area contributed by atoms with Crippen LogP contribution in [0.15, 0.2) is 55.0 Å². The van der Waals surface area contributed by atoms with E-state index in [9.17, 15) is 0 Å². The summed E-state index contributed by atoms with van der Waals surface area (Å²) in [5, 5.41) is 4.64. The molecule has 0 saturated carbocycles. The van der Waals surface area contributed by atoms with Crippen molar-refractivity contribution in [3.63, 3.8) is 0 Å². The molecule has 0 fully saturated rings. The van der Waals surface area contributed by atoms with Crippen LogP contribution in [-0.2, 0) is 6.54 Å². The Morgan fingerprint density at radius 2 is 1.92 bits per heavy atom. The van der Waals surface area contributed by atoms with Gasteiger partial charge in [-0.15, -0.1) is 0 Å². The quantitative estimate of drug-likeness (QED) is 0.531. The first-order valence-electron chi connectivity index (χ1n) is 8.17. The van der Waals surface area contributed by atoms with Crippen LogP contribution < -0.4 is 0 Å². The van der Waals surface area contributed by atoms with Gasteiger partial charge in [0, 0.05) is 6.20 Å². The minimum Gasteiger partial charge on any atom is -0.345 e. The Bertz CT molecular complexity index is 1130. The van der Waals surface area contributed by atoms with Gasteiger partial charge in [-0.05, 0) is 24.6 Å². The SMILES string of the molecule is Cc1nn(Cc2ccccc2)cc1-c1nc2cc3nc[nH]c3cc2[nH]1. The van der Waals surface area contributed by atoms with E-state index in [4.69, 9.17) is 4.98 Å². The molecule has 0 saturated heterocycles. The van der Waals surface area contributed by atoms with Gasteiger partial charge < -0.3 is 9.97 Å². The van der Waals surface area contributed by atoms with Gasteiger partial charge in [-0.25, -0.2) is 9.97 Å². The van der Waals surface area contributed by atoms with E-state index in [1.54, 1.807) is 6.33 Å². The summed E-state index contributed by atoms with van der Waals surface area (Å²) in [7, 11) is 0. The maximum absolute atomic E-state index is 4.73. The lowest BCUT2D eigenvalue weighted by Gasteiger charge is -2.00.